The third-order valence-corrected chi connectivity index (χ3v) is 5.76. The summed E-state index contributed by atoms with van der Waals surface area (Å²) in [6.45, 7) is 4.40. The topological polar surface area (TPSA) is 93.5 Å². The van der Waals surface area contributed by atoms with Crippen molar-refractivity contribution in [2.75, 3.05) is 18.5 Å². The number of hydroxylamine groups is 1. The lowest BCUT2D eigenvalue weighted by Crippen LogP contribution is -2.47. The molecule has 3 N–H and O–H groups in total. The van der Waals surface area contributed by atoms with Crippen LogP contribution in [0.25, 0.3) is 16.7 Å². The number of hydrogen-bond acceptors (Lipinski definition) is 7. The Balaban J connectivity index is 1.55. The molecule has 0 bridgehead atoms. The number of hydrogen-bond donors (Lipinski definition) is 3. The minimum atomic E-state index is -0.396. The van der Waals surface area contributed by atoms with Crippen molar-refractivity contribution in [1.29, 1.82) is 0 Å². The van der Waals surface area contributed by atoms with E-state index in [1.807, 2.05) is 17.1 Å². The second kappa shape index (κ2) is 6.47. The highest BCUT2D eigenvalue weighted by Crippen LogP contribution is 2.43. The molecule has 0 unspecified atom stereocenters. The van der Waals surface area contributed by atoms with Crippen LogP contribution in [0.5, 0.6) is 0 Å². The molecule has 27 heavy (non-hydrogen) atoms. The standard InChI is InChI=1S/C19H25N5O3/c1-2-24-18-15(11-21-24)17(22-12-3-5-26-6-4-12)14(10-20-18)16-9-19(27-23-16)7-13(25)8-19/h9-13,23,25H,2-8H2,1H3,(H,20,22). The maximum atomic E-state index is 9.69. The Morgan fingerprint density at radius 2 is 2.15 bits per heavy atom. The van der Waals surface area contributed by atoms with Gasteiger partial charge in [-0.15, -0.1) is 0 Å². The van der Waals surface area contributed by atoms with Gasteiger partial charge in [0.2, 0.25) is 0 Å². The summed E-state index contributed by atoms with van der Waals surface area (Å²) in [6.07, 6.45) is 8.76. The molecule has 3 aliphatic rings. The Kier molecular flexibility index (Phi) is 4.07. The SMILES string of the molecule is CCn1ncc2c(NC3CCOCC3)c(C3=CC4(CC(O)C4)ON3)cnc21. The van der Waals surface area contributed by atoms with Crippen LogP contribution in [0.1, 0.15) is 38.2 Å². The van der Waals surface area contributed by atoms with Gasteiger partial charge in [0.25, 0.3) is 0 Å². The van der Waals surface area contributed by atoms with Crippen LogP contribution in [-0.4, -0.2) is 50.8 Å². The molecule has 1 saturated carbocycles. The molecule has 2 aliphatic heterocycles. The van der Waals surface area contributed by atoms with Gasteiger partial charge in [-0.2, -0.15) is 5.10 Å². The molecule has 5 rings (SSSR count). The van der Waals surface area contributed by atoms with Crippen LogP contribution in [0.2, 0.25) is 0 Å². The fourth-order valence-electron chi connectivity index (χ4n) is 4.21. The average Bonchev–Trinajstić information content (AvgIpc) is 3.27. The van der Waals surface area contributed by atoms with E-state index in [0.717, 1.165) is 60.6 Å². The number of ether oxygens (including phenoxy) is 1. The number of aryl methyl sites for hydroxylation is 1. The lowest BCUT2D eigenvalue weighted by molar-refractivity contribution is -0.137. The van der Waals surface area contributed by atoms with Crippen LogP contribution in [0.3, 0.4) is 0 Å². The summed E-state index contributed by atoms with van der Waals surface area (Å²) in [5.41, 5.74) is 6.46. The Labute approximate surface area is 157 Å². The summed E-state index contributed by atoms with van der Waals surface area (Å²) in [5.74, 6) is 0. The van der Waals surface area contributed by atoms with Crippen molar-refractivity contribution in [2.45, 2.75) is 56.9 Å². The molecule has 144 valence electrons. The Bertz CT molecular complexity index is 881. The fraction of sp³-hybridized carbons (Fsp3) is 0.579. The number of aliphatic hydroxyl groups is 1. The number of rotatable bonds is 4. The number of aromatic nitrogens is 3. The first kappa shape index (κ1) is 17.0. The summed E-state index contributed by atoms with van der Waals surface area (Å²) in [6, 6.07) is 0.357. The molecule has 2 aromatic heterocycles. The zero-order chi connectivity index (χ0) is 18.4. The smallest absolute Gasteiger partial charge is 0.159 e. The van der Waals surface area contributed by atoms with Gasteiger partial charge in [-0.05, 0) is 25.8 Å². The van der Waals surface area contributed by atoms with Crippen LogP contribution in [0, 0.1) is 0 Å². The summed E-state index contributed by atoms with van der Waals surface area (Å²) in [5, 5.41) is 18.9. The molecule has 2 aromatic rings. The molecular formula is C19H25N5O3. The van der Waals surface area contributed by atoms with E-state index in [1.54, 1.807) is 0 Å². The van der Waals surface area contributed by atoms with Crippen LogP contribution >= 0.6 is 0 Å². The van der Waals surface area contributed by atoms with E-state index in [4.69, 9.17) is 9.57 Å². The number of fused-ring (bicyclic) bond motifs is 1. The van der Waals surface area contributed by atoms with Crippen molar-refractivity contribution in [3.05, 3.63) is 24.0 Å². The Hall–Kier alpha value is -2.16. The van der Waals surface area contributed by atoms with Crippen LogP contribution in [-0.2, 0) is 16.1 Å². The molecule has 0 aromatic carbocycles. The molecule has 0 atom stereocenters. The van der Waals surface area contributed by atoms with Gasteiger partial charge in [-0.25, -0.2) is 9.67 Å². The van der Waals surface area contributed by atoms with Crippen LogP contribution in [0.4, 0.5) is 5.69 Å². The lowest BCUT2D eigenvalue weighted by atomic mass is 9.77. The molecule has 8 heteroatoms. The largest absolute Gasteiger partial charge is 0.393 e. The van der Waals surface area contributed by atoms with E-state index >= 15 is 0 Å². The number of aliphatic hydroxyl groups excluding tert-OH is 1. The summed E-state index contributed by atoms with van der Waals surface area (Å²) < 4.78 is 7.41. The molecule has 4 heterocycles. The van der Waals surface area contributed by atoms with Crippen molar-refractivity contribution in [1.82, 2.24) is 20.2 Å². The first-order valence-corrected chi connectivity index (χ1v) is 9.71. The van der Waals surface area contributed by atoms with Crippen molar-refractivity contribution in [2.24, 2.45) is 0 Å². The Morgan fingerprint density at radius 3 is 2.89 bits per heavy atom. The maximum Gasteiger partial charge on any atom is 0.159 e. The molecule has 0 radical (unpaired) electrons. The second-order valence-electron chi connectivity index (χ2n) is 7.66. The minimum absolute atomic E-state index is 0.286. The first-order chi connectivity index (χ1) is 13.2. The number of anilines is 1. The molecule has 0 amide bonds. The first-order valence-electron chi connectivity index (χ1n) is 9.71. The van der Waals surface area contributed by atoms with E-state index in [9.17, 15) is 5.11 Å². The molecule has 1 saturated heterocycles. The number of nitrogens with zero attached hydrogens (tertiary/aromatic N) is 3. The highest BCUT2D eigenvalue weighted by Gasteiger charge is 2.47. The van der Waals surface area contributed by atoms with Gasteiger partial charge in [0.1, 0.15) is 5.60 Å². The second-order valence-corrected chi connectivity index (χ2v) is 7.66. The molecule has 2 fully saturated rings. The highest BCUT2D eigenvalue weighted by molar-refractivity contribution is 5.95. The van der Waals surface area contributed by atoms with Gasteiger partial charge < -0.3 is 15.2 Å². The van der Waals surface area contributed by atoms with E-state index in [-0.39, 0.29) is 6.10 Å². The Morgan fingerprint density at radius 1 is 1.33 bits per heavy atom. The molecular weight excluding hydrogens is 346 g/mol. The third-order valence-electron chi connectivity index (χ3n) is 5.76. The molecule has 1 spiro atoms. The van der Waals surface area contributed by atoms with Crippen molar-refractivity contribution < 1.29 is 14.7 Å². The van der Waals surface area contributed by atoms with Crippen molar-refractivity contribution >= 4 is 22.4 Å². The van der Waals surface area contributed by atoms with Gasteiger partial charge in [0.15, 0.2) is 5.65 Å². The quantitative estimate of drug-likeness (QED) is 0.755. The van der Waals surface area contributed by atoms with Crippen LogP contribution in [0.15, 0.2) is 18.5 Å². The third kappa shape index (κ3) is 2.88. The monoisotopic (exact) mass is 371 g/mol. The van der Waals surface area contributed by atoms with Crippen molar-refractivity contribution in [3.8, 4) is 0 Å². The zero-order valence-electron chi connectivity index (χ0n) is 15.4. The van der Waals surface area contributed by atoms with Gasteiger partial charge in [-0.1, -0.05) is 0 Å². The van der Waals surface area contributed by atoms with Gasteiger partial charge >= 0.3 is 0 Å². The lowest BCUT2D eigenvalue weighted by Gasteiger charge is -2.38. The normalized spacial score (nSPS) is 28.2. The fourth-order valence-corrected chi connectivity index (χ4v) is 4.21. The summed E-state index contributed by atoms with van der Waals surface area (Å²) in [4.78, 5) is 10.5. The number of nitrogens with one attached hydrogen (secondary N) is 2. The summed E-state index contributed by atoms with van der Waals surface area (Å²) in [7, 11) is 0. The van der Waals surface area contributed by atoms with Crippen molar-refractivity contribution in [3.63, 3.8) is 0 Å². The molecule has 1 aliphatic carbocycles. The van der Waals surface area contributed by atoms with E-state index < -0.39 is 5.60 Å². The maximum absolute atomic E-state index is 9.69. The molecule has 8 nitrogen and oxygen atoms in total. The number of pyridine rings is 1. The predicted molar refractivity (Wildman–Crippen MR) is 101 cm³/mol. The van der Waals surface area contributed by atoms with Crippen LogP contribution < -0.4 is 10.8 Å². The predicted octanol–water partition coefficient (Wildman–Crippen LogP) is 1.81. The summed E-state index contributed by atoms with van der Waals surface area (Å²) >= 11 is 0. The van der Waals surface area contributed by atoms with E-state index in [2.05, 4.69) is 33.9 Å². The highest BCUT2D eigenvalue weighted by atomic mass is 16.7. The van der Waals surface area contributed by atoms with Gasteiger partial charge in [0, 0.05) is 50.4 Å². The zero-order valence-corrected chi connectivity index (χ0v) is 15.4. The minimum Gasteiger partial charge on any atom is -0.393 e. The average molecular weight is 371 g/mol. The van der Waals surface area contributed by atoms with Gasteiger partial charge in [-0.3, -0.25) is 10.3 Å². The van der Waals surface area contributed by atoms with E-state index in [1.165, 1.54) is 0 Å². The van der Waals surface area contributed by atoms with Gasteiger partial charge in [0.05, 0.1) is 29.1 Å². The van der Waals surface area contributed by atoms with E-state index in [0.29, 0.717) is 18.9 Å².